The molecule has 1 aromatic carbocycles. The molecule has 0 aliphatic rings. The van der Waals surface area contributed by atoms with E-state index in [-0.39, 0.29) is 0 Å². The Morgan fingerprint density at radius 2 is 2.33 bits per heavy atom. The molecule has 0 bridgehead atoms. The number of benzene rings is 1. The third-order valence-electron chi connectivity index (χ3n) is 1.56. The predicted molar refractivity (Wildman–Crippen MR) is 58.0 cm³/mol. The minimum absolute atomic E-state index is 0.362. The van der Waals surface area contributed by atoms with E-state index < -0.39 is 0 Å². The minimum Gasteiger partial charge on any atom is -0.372 e. The summed E-state index contributed by atoms with van der Waals surface area (Å²) >= 11 is 2.25. The largest absolute Gasteiger partial charge is 0.372 e. The summed E-state index contributed by atoms with van der Waals surface area (Å²) in [6.45, 7) is 2.39. The maximum Gasteiger partial charge on any atom is 0.103 e. The second-order valence-electron chi connectivity index (χ2n) is 2.47. The summed E-state index contributed by atoms with van der Waals surface area (Å²) in [4.78, 5) is 0. The van der Waals surface area contributed by atoms with Gasteiger partial charge in [0.05, 0.1) is 6.07 Å². The fourth-order valence-corrected chi connectivity index (χ4v) is 1.41. The number of hydrogen-bond donors (Lipinski definition) is 1. The van der Waals surface area contributed by atoms with Gasteiger partial charge < -0.3 is 5.32 Å². The molecule has 0 fully saturated rings. The van der Waals surface area contributed by atoms with Crippen LogP contribution in [0.2, 0.25) is 0 Å². The molecule has 0 amide bonds. The SMILES string of the molecule is Cc1ccc(I)cc1NCC#N. The monoisotopic (exact) mass is 272 g/mol. The summed E-state index contributed by atoms with van der Waals surface area (Å²) < 4.78 is 1.18. The Balaban J connectivity index is 2.84. The molecule has 0 radical (unpaired) electrons. The number of aryl methyl sites for hydroxylation is 1. The van der Waals surface area contributed by atoms with E-state index in [1.807, 2.05) is 31.2 Å². The van der Waals surface area contributed by atoms with Crippen molar-refractivity contribution >= 4 is 28.3 Å². The Morgan fingerprint density at radius 1 is 1.58 bits per heavy atom. The number of anilines is 1. The number of nitrogens with zero attached hydrogens (tertiary/aromatic N) is 1. The first-order chi connectivity index (χ1) is 5.74. The van der Waals surface area contributed by atoms with E-state index in [2.05, 4.69) is 27.9 Å². The van der Waals surface area contributed by atoms with Crippen LogP contribution in [-0.4, -0.2) is 6.54 Å². The first kappa shape index (κ1) is 9.33. The van der Waals surface area contributed by atoms with E-state index in [1.165, 1.54) is 9.13 Å². The van der Waals surface area contributed by atoms with Gasteiger partial charge in [0.2, 0.25) is 0 Å². The third kappa shape index (κ3) is 2.38. The fourth-order valence-electron chi connectivity index (χ4n) is 0.919. The maximum absolute atomic E-state index is 8.37. The van der Waals surface area contributed by atoms with Gasteiger partial charge in [-0.2, -0.15) is 5.26 Å². The van der Waals surface area contributed by atoms with Crippen LogP contribution in [0.25, 0.3) is 0 Å². The molecular weight excluding hydrogens is 263 g/mol. The molecule has 0 atom stereocenters. The molecule has 0 saturated heterocycles. The van der Waals surface area contributed by atoms with Gasteiger partial charge in [-0.05, 0) is 47.2 Å². The summed E-state index contributed by atoms with van der Waals surface area (Å²) in [7, 11) is 0. The lowest BCUT2D eigenvalue weighted by Crippen LogP contribution is -2.00. The lowest BCUT2D eigenvalue weighted by atomic mass is 10.2. The summed E-state index contributed by atoms with van der Waals surface area (Å²) in [6, 6.07) is 8.18. The molecule has 62 valence electrons. The Labute approximate surface area is 85.7 Å². The number of halogens is 1. The highest BCUT2D eigenvalue weighted by molar-refractivity contribution is 14.1. The van der Waals surface area contributed by atoms with Crippen molar-refractivity contribution < 1.29 is 0 Å². The lowest BCUT2D eigenvalue weighted by molar-refractivity contribution is 1.29. The van der Waals surface area contributed by atoms with E-state index in [0.717, 1.165) is 5.69 Å². The molecule has 2 nitrogen and oxygen atoms in total. The van der Waals surface area contributed by atoms with Gasteiger partial charge in [0.25, 0.3) is 0 Å². The Morgan fingerprint density at radius 3 is 3.00 bits per heavy atom. The Hall–Kier alpha value is -0.760. The van der Waals surface area contributed by atoms with E-state index in [4.69, 9.17) is 5.26 Å². The highest BCUT2D eigenvalue weighted by Crippen LogP contribution is 2.17. The van der Waals surface area contributed by atoms with Crippen LogP contribution in [0.15, 0.2) is 18.2 Å². The first-order valence-corrected chi connectivity index (χ1v) is 4.69. The summed E-state index contributed by atoms with van der Waals surface area (Å²) in [5.41, 5.74) is 2.22. The highest BCUT2D eigenvalue weighted by atomic mass is 127. The average molecular weight is 272 g/mol. The van der Waals surface area contributed by atoms with Gasteiger partial charge in [-0.25, -0.2) is 0 Å². The van der Waals surface area contributed by atoms with Crippen molar-refractivity contribution in [1.29, 1.82) is 5.26 Å². The third-order valence-corrected chi connectivity index (χ3v) is 2.23. The van der Waals surface area contributed by atoms with E-state index >= 15 is 0 Å². The van der Waals surface area contributed by atoms with Crippen LogP contribution in [0.1, 0.15) is 5.56 Å². The van der Waals surface area contributed by atoms with Crippen LogP contribution in [-0.2, 0) is 0 Å². The van der Waals surface area contributed by atoms with E-state index in [9.17, 15) is 0 Å². The molecule has 0 unspecified atom stereocenters. The van der Waals surface area contributed by atoms with Crippen molar-refractivity contribution in [3.05, 3.63) is 27.3 Å². The smallest absolute Gasteiger partial charge is 0.103 e. The summed E-state index contributed by atoms with van der Waals surface area (Å²) in [5.74, 6) is 0. The molecule has 12 heavy (non-hydrogen) atoms. The first-order valence-electron chi connectivity index (χ1n) is 3.61. The summed E-state index contributed by atoms with van der Waals surface area (Å²) in [6.07, 6.45) is 0. The van der Waals surface area contributed by atoms with Gasteiger partial charge in [-0.1, -0.05) is 6.07 Å². The molecule has 0 saturated carbocycles. The van der Waals surface area contributed by atoms with Crippen LogP contribution in [0.3, 0.4) is 0 Å². The average Bonchev–Trinajstić information content (AvgIpc) is 2.07. The standard InChI is InChI=1S/C9H9IN2/c1-7-2-3-8(10)6-9(7)12-5-4-11/h2-3,6,12H,5H2,1H3. The fraction of sp³-hybridized carbons (Fsp3) is 0.222. The lowest BCUT2D eigenvalue weighted by Gasteiger charge is -2.05. The second-order valence-corrected chi connectivity index (χ2v) is 3.72. The maximum atomic E-state index is 8.37. The number of hydrogen-bond acceptors (Lipinski definition) is 2. The van der Waals surface area contributed by atoms with Crippen LogP contribution < -0.4 is 5.32 Å². The van der Waals surface area contributed by atoms with Crippen molar-refractivity contribution in [3.63, 3.8) is 0 Å². The second kappa shape index (κ2) is 4.31. The molecule has 1 N–H and O–H groups in total. The zero-order valence-electron chi connectivity index (χ0n) is 6.76. The number of rotatable bonds is 2. The van der Waals surface area contributed by atoms with Crippen molar-refractivity contribution in [2.24, 2.45) is 0 Å². The zero-order chi connectivity index (χ0) is 8.97. The van der Waals surface area contributed by atoms with Gasteiger partial charge in [-0.15, -0.1) is 0 Å². The van der Waals surface area contributed by atoms with Crippen LogP contribution >= 0.6 is 22.6 Å². The molecule has 1 rings (SSSR count). The van der Waals surface area contributed by atoms with Crippen molar-refractivity contribution in [1.82, 2.24) is 0 Å². The quantitative estimate of drug-likeness (QED) is 0.663. The molecule has 1 aromatic rings. The zero-order valence-corrected chi connectivity index (χ0v) is 8.92. The predicted octanol–water partition coefficient (Wildman–Crippen LogP) is 2.54. The highest BCUT2D eigenvalue weighted by Gasteiger charge is 1.96. The Kier molecular flexibility index (Phi) is 3.35. The molecule has 0 aliphatic carbocycles. The molecular formula is C9H9IN2. The normalized spacial score (nSPS) is 9.08. The van der Waals surface area contributed by atoms with Crippen molar-refractivity contribution in [2.75, 3.05) is 11.9 Å². The molecule has 0 spiro atoms. The van der Waals surface area contributed by atoms with Crippen LogP contribution in [0.5, 0.6) is 0 Å². The Bertz CT molecular complexity index is 315. The van der Waals surface area contributed by atoms with Crippen LogP contribution in [0, 0.1) is 21.8 Å². The molecule has 0 aliphatic heterocycles. The van der Waals surface area contributed by atoms with Gasteiger partial charge in [0, 0.05) is 9.26 Å². The molecule has 0 aromatic heterocycles. The number of nitriles is 1. The van der Waals surface area contributed by atoms with Gasteiger partial charge in [-0.3, -0.25) is 0 Å². The van der Waals surface area contributed by atoms with Gasteiger partial charge in [0.1, 0.15) is 6.54 Å². The van der Waals surface area contributed by atoms with E-state index in [0.29, 0.717) is 6.54 Å². The van der Waals surface area contributed by atoms with Crippen LogP contribution in [0.4, 0.5) is 5.69 Å². The van der Waals surface area contributed by atoms with Gasteiger partial charge in [0.15, 0.2) is 0 Å². The topological polar surface area (TPSA) is 35.8 Å². The van der Waals surface area contributed by atoms with Crippen molar-refractivity contribution in [3.8, 4) is 6.07 Å². The van der Waals surface area contributed by atoms with Gasteiger partial charge >= 0.3 is 0 Å². The van der Waals surface area contributed by atoms with E-state index in [1.54, 1.807) is 0 Å². The number of nitrogens with one attached hydrogen (secondary N) is 1. The molecule has 3 heteroatoms. The molecule has 0 heterocycles. The van der Waals surface area contributed by atoms with Crippen molar-refractivity contribution in [2.45, 2.75) is 6.92 Å². The summed E-state index contributed by atoms with van der Waals surface area (Å²) in [5, 5.41) is 11.4. The minimum atomic E-state index is 0.362.